The summed E-state index contributed by atoms with van der Waals surface area (Å²) < 4.78 is 5.69. The standard InChI is InChI=1S/C20H37N5O3/c1-12(2)28-9-5-8-24-17(21)14(19(26)22-4)10-15-18(24)23-16-7-6-13(3)11-25(16)20(15)27/h12-18,23H,5-11,21H2,1-4H3,(H,22,26)/p+1. The summed E-state index contributed by atoms with van der Waals surface area (Å²) >= 11 is 0. The Hall–Kier alpha value is -1.22. The van der Waals surface area contributed by atoms with Crippen LogP contribution in [0.4, 0.5) is 0 Å². The number of carbonyl (C=O) groups excluding carboxylic acids is 2. The first kappa shape index (κ1) is 21.5. The van der Waals surface area contributed by atoms with Crippen molar-refractivity contribution in [2.45, 2.75) is 71.1 Å². The highest BCUT2D eigenvalue weighted by molar-refractivity contribution is 5.83. The highest BCUT2D eigenvalue weighted by Gasteiger charge is 2.55. The van der Waals surface area contributed by atoms with E-state index in [0.717, 1.165) is 37.3 Å². The SMILES string of the molecule is CNC(=O)C1CC2C(=O)N3CC(C)CCC3NC2[NH+](CCCOC(C)C)C1N. The smallest absolute Gasteiger partial charge is 0.234 e. The number of quaternary nitrogens is 1. The molecule has 0 spiro atoms. The molecule has 2 amide bonds. The molecule has 160 valence electrons. The van der Waals surface area contributed by atoms with E-state index in [9.17, 15) is 9.59 Å². The number of amides is 2. The summed E-state index contributed by atoms with van der Waals surface area (Å²) in [7, 11) is 1.64. The highest BCUT2D eigenvalue weighted by Crippen LogP contribution is 2.31. The largest absolute Gasteiger partial charge is 0.379 e. The normalized spacial score (nSPS) is 38.1. The first-order valence-electron chi connectivity index (χ1n) is 10.8. The molecule has 3 heterocycles. The number of carbonyl (C=O) groups is 2. The number of ether oxygens (including phenoxy) is 1. The van der Waals surface area contributed by atoms with Gasteiger partial charge in [-0.05, 0) is 39.0 Å². The van der Waals surface area contributed by atoms with Gasteiger partial charge in [0.25, 0.3) is 0 Å². The number of hydrogen-bond acceptors (Lipinski definition) is 5. The van der Waals surface area contributed by atoms with Crippen LogP contribution in [0.5, 0.6) is 0 Å². The van der Waals surface area contributed by atoms with Gasteiger partial charge in [0.15, 0.2) is 12.3 Å². The van der Waals surface area contributed by atoms with Gasteiger partial charge in [0.05, 0.1) is 25.4 Å². The average Bonchev–Trinajstić information content (AvgIpc) is 2.66. The Morgan fingerprint density at radius 1 is 1.43 bits per heavy atom. The Kier molecular flexibility index (Phi) is 6.96. The predicted molar refractivity (Wildman–Crippen MR) is 106 cm³/mol. The lowest BCUT2D eigenvalue weighted by Gasteiger charge is -2.53. The summed E-state index contributed by atoms with van der Waals surface area (Å²) in [4.78, 5) is 28.9. The fourth-order valence-corrected chi connectivity index (χ4v) is 5.11. The lowest BCUT2D eigenvalue weighted by atomic mass is 9.80. The molecule has 0 aromatic rings. The molecule has 3 rings (SSSR count). The van der Waals surface area contributed by atoms with Gasteiger partial charge >= 0.3 is 0 Å². The summed E-state index contributed by atoms with van der Waals surface area (Å²) in [6.45, 7) is 8.50. The van der Waals surface area contributed by atoms with Gasteiger partial charge in [-0.3, -0.25) is 15.3 Å². The minimum Gasteiger partial charge on any atom is -0.379 e. The van der Waals surface area contributed by atoms with Crippen molar-refractivity contribution in [3.8, 4) is 0 Å². The number of piperidine rings is 2. The number of nitrogens with two attached hydrogens (primary N) is 1. The van der Waals surface area contributed by atoms with Crippen LogP contribution < -0.4 is 21.3 Å². The molecule has 0 radical (unpaired) electrons. The third kappa shape index (κ3) is 4.35. The summed E-state index contributed by atoms with van der Waals surface area (Å²) in [6.07, 6.45) is 3.41. The first-order chi connectivity index (χ1) is 13.3. The van der Waals surface area contributed by atoms with Crippen molar-refractivity contribution in [3.05, 3.63) is 0 Å². The highest BCUT2D eigenvalue weighted by atomic mass is 16.5. The minimum absolute atomic E-state index is 0.0305. The van der Waals surface area contributed by atoms with E-state index in [4.69, 9.17) is 10.5 Å². The van der Waals surface area contributed by atoms with Gasteiger partial charge in [0.1, 0.15) is 11.8 Å². The topological polar surface area (TPSA) is 101 Å². The molecule has 7 unspecified atom stereocenters. The first-order valence-corrected chi connectivity index (χ1v) is 10.8. The molecule has 0 bridgehead atoms. The Labute approximate surface area is 168 Å². The summed E-state index contributed by atoms with van der Waals surface area (Å²) in [5.41, 5.74) is 6.58. The molecule has 8 heteroatoms. The minimum atomic E-state index is -0.350. The number of likely N-dealkylation sites (tertiary alicyclic amines) is 1. The Balaban J connectivity index is 1.78. The fourth-order valence-electron chi connectivity index (χ4n) is 5.11. The summed E-state index contributed by atoms with van der Waals surface area (Å²) in [5.74, 6) is 0.0954. The number of hydrogen-bond donors (Lipinski definition) is 4. The Morgan fingerprint density at radius 2 is 2.18 bits per heavy atom. The van der Waals surface area contributed by atoms with E-state index < -0.39 is 0 Å². The lowest BCUT2D eigenvalue weighted by molar-refractivity contribution is -0.965. The number of rotatable bonds is 6. The van der Waals surface area contributed by atoms with Crippen LogP contribution in [0.25, 0.3) is 0 Å². The summed E-state index contributed by atoms with van der Waals surface area (Å²) in [5, 5.41) is 6.47. The zero-order valence-corrected chi connectivity index (χ0v) is 17.7. The second-order valence-corrected chi connectivity index (χ2v) is 9.02. The van der Waals surface area contributed by atoms with Gasteiger partial charge in [-0.15, -0.1) is 0 Å². The van der Waals surface area contributed by atoms with Crippen molar-refractivity contribution in [1.82, 2.24) is 15.5 Å². The maximum absolute atomic E-state index is 13.3. The van der Waals surface area contributed by atoms with Crippen molar-refractivity contribution in [2.24, 2.45) is 23.5 Å². The molecule has 0 aliphatic carbocycles. The van der Waals surface area contributed by atoms with Crippen LogP contribution in [0.3, 0.4) is 0 Å². The van der Waals surface area contributed by atoms with E-state index in [1.807, 2.05) is 18.7 Å². The Morgan fingerprint density at radius 3 is 2.86 bits per heavy atom. The molecular formula is C20H38N5O3+. The lowest BCUT2D eigenvalue weighted by Crippen LogP contribution is -3.26. The van der Waals surface area contributed by atoms with E-state index >= 15 is 0 Å². The van der Waals surface area contributed by atoms with Crippen LogP contribution in [0, 0.1) is 17.8 Å². The number of fused-ring (bicyclic) bond motifs is 2. The van der Waals surface area contributed by atoms with Gasteiger partial charge in [0.2, 0.25) is 11.8 Å². The van der Waals surface area contributed by atoms with Crippen LogP contribution in [0.1, 0.15) is 46.5 Å². The third-order valence-electron chi connectivity index (χ3n) is 6.61. The van der Waals surface area contributed by atoms with Gasteiger partial charge < -0.3 is 19.9 Å². The predicted octanol–water partition coefficient (Wildman–Crippen LogP) is -1.13. The quantitative estimate of drug-likeness (QED) is 0.426. The van der Waals surface area contributed by atoms with Crippen LogP contribution in [0.2, 0.25) is 0 Å². The maximum atomic E-state index is 13.3. The molecule has 3 aliphatic rings. The molecule has 3 saturated heterocycles. The Bertz CT molecular complexity index is 572. The summed E-state index contributed by atoms with van der Waals surface area (Å²) in [6, 6.07) is 0. The molecule has 28 heavy (non-hydrogen) atoms. The second kappa shape index (κ2) is 9.07. The van der Waals surface area contributed by atoms with Crippen LogP contribution >= 0.6 is 0 Å². The van der Waals surface area contributed by atoms with Crippen molar-refractivity contribution in [3.63, 3.8) is 0 Å². The average molecular weight is 397 g/mol. The zero-order chi connectivity index (χ0) is 20.4. The van der Waals surface area contributed by atoms with E-state index in [2.05, 4.69) is 17.6 Å². The fraction of sp³-hybridized carbons (Fsp3) is 0.900. The molecule has 3 fully saturated rings. The molecular weight excluding hydrogens is 358 g/mol. The molecule has 5 N–H and O–H groups in total. The van der Waals surface area contributed by atoms with E-state index in [1.54, 1.807) is 7.05 Å². The van der Waals surface area contributed by atoms with Crippen LogP contribution in [-0.4, -0.2) is 68.1 Å². The molecule has 7 atom stereocenters. The molecule has 0 aromatic heterocycles. The zero-order valence-electron chi connectivity index (χ0n) is 17.7. The van der Waals surface area contributed by atoms with Crippen LogP contribution in [-0.2, 0) is 14.3 Å². The van der Waals surface area contributed by atoms with Gasteiger partial charge in [-0.1, -0.05) is 6.92 Å². The monoisotopic (exact) mass is 396 g/mol. The van der Waals surface area contributed by atoms with Crippen molar-refractivity contribution in [1.29, 1.82) is 0 Å². The van der Waals surface area contributed by atoms with E-state index in [-0.39, 0.29) is 48.3 Å². The molecule has 0 aromatic carbocycles. The number of nitrogens with one attached hydrogen (secondary N) is 3. The van der Waals surface area contributed by atoms with Crippen molar-refractivity contribution >= 4 is 11.8 Å². The van der Waals surface area contributed by atoms with Crippen molar-refractivity contribution < 1.29 is 19.2 Å². The molecule has 3 aliphatic heterocycles. The van der Waals surface area contributed by atoms with Gasteiger partial charge in [-0.25, -0.2) is 5.32 Å². The second-order valence-electron chi connectivity index (χ2n) is 9.02. The van der Waals surface area contributed by atoms with E-state index in [0.29, 0.717) is 18.9 Å². The van der Waals surface area contributed by atoms with Gasteiger partial charge in [-0.2, -0.15) is 0 Å². The number of nitrogens with zero attached hydrogens (tertiary/aromatic N) is 1. The van der Waals surface area contributed by atoms with Gasteiger partial charge in [0, 0.05) is 20.0 Å². The van der Waals surface area contributed by atoms with Crippen molar-refractivity contribution in [2.75, 3.05) is 26.7 Å². The van der Waals surface area contributed by atoms with Crippen LogP contribution in [0.15, 0.2) is 0 Å². The third-order valence-corrected chi connectivity index (χ3v) is 6.61. The molecule has 8 nitrogen and oxygen atoms in total. The molecule has 0 saturated carbocycles. The maximum Gasteiger partial charge on any atom is 0.234 e. The van der Waals surface area contributed by atoms with E-state index in [1.165, 1.54) is 0 Å².